The first kappa shape index (κ1) is 8.01. The Balaban J connectivity index is 4.02. The first-order valence-corrected chi connectivity index (χ1v) is 2.71. The summed E-state index contributed by atoms with van der Waals surface area (Å²) in [4.78, 5) is 0. The van der Waals surface area contributed by atoms with Crippen LogP contribution in [-0.4, -0.2) is 12.2 Å². The summed E-state index contributed by atoms with van der Waals surface area (Å²) >= 11 is 0. The number of nitrogens with zero attached hydrogens (tertiary/aromatic N) is 1. The monoisotopic (exact) mass is 123 g/mol. The zero-order valence-electron chi connectivity index (χ0n) is 5.64. The Morgan fingerprint density at radius 3 is 2.44 bits per heavy atom. The second kappa shape index (κ2) is 3.12. The Hall–Kier alpha value is -0.990. The summed E-state index contributed by atoms with van der Waals surface area (Å²) in [5.41, 5.74) is -1.03. The van der Waals surface area contributed by atoms with Gasteiger partial charge in [-0.05, 0) is 13.8 Å². The van der Waals surface area contributed by atoms with Gasteiger partial charge in [0.05, 0.1) is 0 Å². The molecule has 1 atom stereocenters. The van der Waals surface area contributed by atoms with Gasteiger partial charge in [-0.1, -0.05) is 5.92 Å². The fourth-order valence-electron chi connectivity index (χ4n) is 0.395. The van der Waals surface area contributed by atoms with Crippen LogP contribution in [0.3, 0.4) is 0 Å². The van der Waals surface area contributed by atoms with Gasteiger partial charge in [0.25, 0.3) is 0 Å². The van der Waals surface area contributed by atoms with Gasteiger partial charge < -0.3 is 4.74 Å². The van der Waals surface area contributed by atoms with Gasteiger partial charge in [-0.3, -0.25) is 0 Å². The van der Waals surface area contributed by atoms with Crippen molar-refractivity contribution in [3.8, 4) is 18.4 Å². The van der Waals surface area contributed by atoms with Gasteiger partial charge >= 0.3 is 0 Å². The number of nitriles is 1. The summed E-state index contributed by atoms with van der Waals surface area (Å²) in [5.74, 6) is 2.25. The van der Waals surface area contributed by atoms with Gasteiger partial charge in [-0.2, -0.15) is 5.26 Å². The van der Waals surface area contributed by atoms with Crippen molar-refractivity contribution >= 4 is 0 Å². The second-order valence-electron chi connectivity index (χ2n) is 1.72. The summed E-state index contributed by atoms with van der Waals surface area (Å²) < 4.78 is 4.93. The minimum Gasteiger partial charge on any atom is -0.350 e. The van der Waals surface area contributed by atoms with E-state index in [1.54, 1.807) is 13.8 Å². The summed E-state index contributed by atoms with van der Waals surface area (Å²) in [6, 6.07) is 1.87. The van der Waals surface area contributed by atoms with Crippen molar-refractivity contribution in [1.29, 1.82) is 5.26 Å². The van der Waals surface area contributed by atoms with E-state index in [4.69, 9.17) is 16.4 Å². The molecule has 0 aliphatic carbocycles. The second-order valence-corrected chi connectivity index (χ2v) is 1.72. The van der Waals surface area contributed by atoms with Crippen LogP contribution in [0.15, 0.2) is 0 Å². The lowest BCUT2D eigenvalue weighted by molar-refractivity contribution is 0.0641. The standard InChI is InChI=1S/C7H9NO/c1-4-7(3,6-8)9-5-2/h1H,5H2,2-3H3. The van der Waals surface area contributed by atoms with Crippen molar-refractivity contribution in [2.24, 2.45) is 0 Å². The van der Waals surface area contributed by atoms with Crippen molar-refractivity contribution in [3.05, 3.63) is 0 Å². The van der Waals surface area contributed by atoms with Crippen LogP contribution < -0.4 is 0 Å². The number of ether oxygens (including phenoxy) is 1. The SMILES string of the molecule is C#CC(C)(C#N)OCC. The number of hydrogen-bond acceptors (Lipinski definition) is 2. The van der Waals surface area contributed by atoms with Gasteiger partial charge in [0.1, 0.15) is 6.07 Å². The molecule has 0 heterocycles. The molecule has 0 aromatic heterocycles. The topological polar surface area (TPSA) is 33.0 Å². The third-order valence-corrected chi connectivity index (χ3v) is 0.922. The molecule has 0 bridgehead atoms. The normalized spacial score (nSPS) is 15.1. The predicted octanol–water partition coefficient (Wildman–Crippen LogP) is 0.938. The van der Waals surface area contributed by atoms with E-state index in [0.29, 0.717) is 6.61 Å². The quantitative estimate of drug-likeness (QED) is 0.512. The Labute approximate surface area is 55.4 Å². The molecule has 0 saturated heterocycles. The Bertz CT molecular complexity index is 147. The van der Waals surface area contributed by atoms with Gasteiger partial charge in [0, 0.05) is 6.61 Å². The molecule has 0 aliphatic rings. The lowest BCUT2D eigenvalue weighted by Gasteiger charge is -2.12. The van der Waals surface area contributed by atoms with Crippen LogP contribution in [0.2, 0.25) is 0 Å². The van der Waals surface area contributed by atoms with E-state index < -0.39 is 5.60 Å². The van der Waals surface area contributed by atoms with E-state index in [9.17, 15) is 0 Å². The zero-order chi connectivity index (χ0) is 7.33. The maximum absolute atomic E-state index is 8.40. The van der Waals surface area contributed by atoms with Crippen LogP contribution in [0.4, 0.5) is 0 Å². The first-order valence-electron chi connectivity index (χ1n) is 2.71. The first-order chi connectivity index (χ1) is 4.18. The summed E-state index contributed by atoms with van der Waals surface area (Å²) in [5, 5.41) is 8.40. The average molecular weight is 123 g/mol. The largest absolute Gasteiger partial charge is 0.350 e. The molecule has 48 valence electrons. The predicted molar refractivity (Wildman–Crippen MR) is 34.5 cm³/mol. The van der Waals surface area contributed by atoms with Crippen LogP contribution in [0.25, 0.3) is 0 Å². The van der Waals surface area contributed by atoms with Crippen molar-refractivity contribution in [2.45, 2.75) is 19.4 Å². The van der Waals surface area contributed by atoms with E-state index in [1.807, 2.05) is 6.07 Å². The van der Waals surface area contributed by atoms with Gasteiger partial charge in [0.15, 0.2) is 0 Å². The molecule has 0 saturated carbocycles. The van der Waals surface area contributed by atoms with E-state index in [2.05, 4.69) is 5.92 Å². The molecule has 0 rings (SSSR count). The smallest absolute Gasteiger partial charge is 0.212 e. The third-order valence-electron chi connectivity index (χ3n) is 0.922. The van der Waals surface area contributed by atoms with Gasteiger partial charge in [-0.15, -0.1) is 6.42 Å². The van der Waals surface area contributed by atoms with Crippen molar-refractivity contribution in [1.82, 2.24) is 0 Å². The highest BCUT2D eigenvalue weighted by Gasteiger charge is 2.18. The number of hydrogen-bond donors (Lipinski definition) is 0. The molecule has 9 heavy (non-hydrogen) atoms. The third kappa shape index (κ3) is 2.17. The maximum Gasteiger partial charge on any atom is 0.212 e. The molecule has 1 unspecified atom stereocenters. The van der Waals surface area contributed by atoms with Crippen molar-refractivity contribution in [3.63, 3.8) is 0 Å². The van der Waals surface area contributed by atoms with E-state index in [1.165, 1.54) is 0 Å². The van der Waals surface area contributed by atoms with Crippen LogP contribution in [0.5, 0.6) is 0 Å². The lowest BCUT2D eigenvalue weighted by Crippen LogP contribution is -2.23. The highest BCUT2D eigenvalue weighted by molar-refractivity contribution is 5.18. The fraction of sp³-hybridized carbons (Fsp3) is 0.571. The summed E-state index contributed by atoms with van der Waals surface area (Å²) in [6.07, 6.45) is 5.01. The molecule has 2 nitrogen and oxygen atoms in total. The molecule has 0 N–H and O–H groups in total. The molecular formula is C7H9NO. The van der Waals surface area contributed by atoms with Crippen LogP contribution >= 0.6 is 0 Å². The average Bonchev–Trinajstić information content (AvgIpc) is 1.89. The van der Waals surface area contributed by atoms with Crippen molar-refractivity contribution < 1.29 is 4.74 Å². The van der Waals surface area contributed by atoms with Crippen molar-refractivity contribution in [2.75, 3.05) is 6.61 Å². The molecule has 0 aromatic carbocycles. The van der Waals surface area contributed by atoms with Crippen LogP contribution in [0, 0.1) is 23.7 Å². The summed E-state index contributed by atoms with van der Waals surface area (Å²) in [6.45, 7) is 3.83. The minimum atomic E-state index is -1.03. The molecule has 2 heteroatoms. The number of terminal acetylenes is 1. The zero-order valence-corrected chi connectivity index (χ0v) is 5.64. The van der Waals surface area contributed by atoms with Crippen LogP contribution in [-0.2, 0) is 4.74 Å². The molecule has 0 fully saturated rings. The molecule has 0 aromatic rings. The number of rotatable bonds is 2. The van der Waals surface area contributed by atoms with Gasteiger partial charge in [-0.25, -0.2) is 0 Å². The Morgan fingerprint density at radius 2 is 2.33 bits per heavy atom. The maximum atomic E-state index is 8.40. The highest BCUT2D eigenvalue weighted by Crippen LogP contribution is 2.05. The van der Waals surface area contributed by atoms with E-state index in [0.717, 1.165) is 0 Å². The minimum absolute atomic E-state index is 0.467. The molecule has 0 aliphatic heterocycles. The summed E-state index contributed by atoms with van der Waals surface area (Å²) in [7, 11) is 0. The molecule has 0 radical (unpaired) electrons. The molecular weight excluding hydrogens is 114 g/mol. The Morgan fingerprint density at radius 1 is 1.78 bits per heavy atom. The van der Waals surface area contributed by atoms with Gasteiger partial charge in [0.2, 0.25) is 5.60 Å². The fourth-order valence-corrected chi connectivity index (χ4v) is 0.395. The molecule has 0 spiro atoms. The molecule has 0 amide bonds. The lowest BCUT2D eigenvalue weighted by atomic mass is 10.1. The van der Waals surface area contributed by atoms with Crippen LogP contribution in [0.1, 0.15) is 13.8 Å². The van der Waals surface area contributed by atoms with E-state index >= 15 is 0 Å². The van der Waals surface area contributed by atoms with E-state index in [-0.39, 0.29) is 0 Å². The Kier molecular flexibility index (Phi) is 2.78. The highest BCUT2D eigenvalue weighted by atomic mass is 16.5.